The van der Waals surface area contributed by atoms with Gasteiger partial charge < -0.3 is 14.6 Å². The van der Waals surface area contributed by atoms with Gasteiger partial charge in [-0.15, -0.1) is 0 Å². The van der Waals surface area contributed by atoms with Crippen molar-refractivity contribution in [3.63, 3.8) is 0 Å². The molecule has 1 unspecified atom stereocenters. The van der Waals surface area contributed by atoms with Gasteiger partial charge in [-0.25, -0.2) is 4.39 Å². The van der Waals surface area contributed by atoms with Crippen LogP contribution in [0.1, 0.15) is 55.5 Å². The molecule has 0 saturated heterocycles. The molecule has 3 aromatic rings. The van der Waals surface area contributed by atoms with Crippen molar-refractivity contribution < 1.29 is 13.9 Å². The van der Waals surface area contributed by atoms with Crippen molar-refractivity contribution in [1.29, 1.82) is 0 Å². The molecule has 1 aliphatic rings. The highest BCUT2D eigenvalue weighted by molar-refractivity contribution is 5.86. The highest BCUT2D eigenvalue weighted by atomic mass is 19.1. The maximum atomic E-state index is 13.6. The lowest BCUT2D eigenvalue weighted by Crippen LogP contribution is -2.26. The van der Waals surface area contributed by atoms with Crippen LogP contribution in [-0.2, 0) is 28.9 Å². The molecule has 0 spiro atoms. The lowest BCUT2D eigenvalue weighted by molar-refractivity contribution is -0.155. The number of hydrogen-bond acceptors (Lipinski definition) is 3. The number of rotatable bonds is 5. The van der Waals surface area contributed by atoms with E-state index in [1.165, 1.54) is 39.9 Å². The van der Waals surface area contributed by atoms with Crippen LogP contribution in [0.4, 0.5) is 4.39 Å². The van der Waals surface area contributed by atoms with Gasteiger partial charge in [-0.1, -0.05) is 23.8 Å². The topological polar surface area (TPSA) is 43.3 Å². The van der Waals surface area contributed by atoms with E-state index in [4.69, 9.17) is 4.74 Å². The van der Waals surface area contributed by atoms with Crippen molar-refractivity contribution in [2.24, 2.45) is 0 Å². The van der Waals surface area contributed by atoms with E-state index in [1.807, 2.05) is 20.8 Å². The molecule has 1 N–H and O–H groups in total. The van der Waals surface area contributed by atoms with Gasteiger partial charge in [0.05, 0.1) is 6.42 Å². The van der Waals surface area contributed by atoms with E-state index in [0.717, 1.165) is 31.5 Å². The Hall–Kier alpha value is -2.66. The van der Waals surface area contributed by atoms with Crippen molar-refractivity contribution in [3.8, 4) is 0 Å². The van der Waals surface area contributed by atoms with Gasteiger partial charge >= 0.3 is 5.97 Å². The summed E-state index contributed by atoms with van der Waals surface area (Å²) < 4.78 is 21.6. The van der Waals surface area contributed by atoms with Crippen molar-refractivity contribution >= 4 is 16.9 Å². The van der Waals surface area contributed by atoms with Gasteiger partial charge in [-0.05, 0) is 76.1 Å². The number of esters is 1. The van der Waals surface area contributed by atoms with E-state index in [0.29, 0.717) is 6.54 Å². The highest BCUT2D eigenvalue weighted by Crippen LogP contribution is 2.33. The second-order valence-corrected chi connectivity index (χ2v) is 9.85. The molecule has 170 valence electrons. The highest BCUT2D eigenvalue weighted by Gasteiger charge is 2.25. The molecule has 1 atom stereocenters. The Morgan fingerprint density at radius 1 is 1.12 bits per heavy atom. The molecule has 4 rings (SSSR count). The maximum Gasteiger partial charge on any atom is 0.306 e. The monoisotopic (exact) mass is 436 g/mol. The molecule has 0 radical (unpaired) electrons. The summed E-state index contributed by atoms with van der Waals surface area (Å²) in [5.74, 6) is -0.610. The van der Waals surface area contributed by atoms with Crippen LogP contribution in [0.3, 0.4) is 0 Å². The summed E-state index contributed by atoms with van der Waals surface area (Å²) in [6.45, 7) is 10.3. The van der Waals surface area contributed by atoms with Crippen molar-refractivity contribution in [2.75, 3.05) is 13.1 Å². The van der Waals surface area contributed by atoms with Crippen LogP contribution in [0.5, 0.6) is 0 Å². The molecule has 5 heteroatoms. The number of ether oxygens (including phenoxy) is 1. The Morgan fingerprint density at radius 2 is 1.84 bits per heavy atom. The molecule has 0 fully saturated rings. The van der Waals surface area contributed by atoms with Crippen LogP contribution in [0.2, 0.25) is 0 Å². The van der Waals surface area contributed by atoms with Gasteiger partial charge in [0.15, 0.2) is 0 Å². The molecule has 0 bridgehead atoms. The second kappa shape index (κ2) is 9.07. The molecule has 2 aromatic carbocycles. The first kappa shape index (κ1) is 22.5. The SMILES string of the molecule is Cc1ccc2c(c1)c1c(n2CC(CC(=O)OC(C)(C)C)c2ccc(F)cc2)CCNCC1. The normalized spacial score (nSPS) is 15.3. The van der Waals surface area contributed by atoms with E-state index < -0.39 is 5.60 Å². The van der Waals surface area contributed by atoms with E-state index in [2.05, 4.69) is 35.0 Å². The minimum Gasteiger partial charge on any atom is -0.460 e. The van der Waals surface area contributed by atoms with Crippen LogP contribution < -0.4 is 5.32 Å². The summed E-state index contributed by atoms with van der Waals surface area (Å²) in [5, 5.41) is 4.81. The van der Waals surface area contributed by atoms with Crippen LogP contribution in [0.25, 0.3) is 10.9 Å². The standard InChI is InChI=1S/C27H33FN2O2/c1-18-5-10-24-23(15-18)22-11-13-29-14-12-25(22)30(24)17-20(16-26(31)32-27(2,3)4)19-6-8-21(28)9-7-19/h5-10,15,20,29H,11-14,16-17H2,1-4H3. The molecule has 0 saturated carbocycles. The Labute approximate surface area is 189 Å². The molecular weight excluding hydrogens is 403 g/mol. The average Bonchev–Trinajstić information content (AvgIpc) is 2.86. The predicted molar refractivity (Wildman–Crippen MR) is 127 cm³/mol. The van der Waals surface area contributed by atoms with E-state index in [1.54, 1.807) is 12.1 Å². The molecule has 32 heavy (non-hydrogen) atoms. The molecule has 1 aromatic heterocycles. The zero-order valence-electron chi connectivity index (χ0n) is 19.5. The van der Waals surface area contributed by atoms with Gasteiger partial charge in [-0.2, -0.15) is 0 Å². The summed E-state index contributed by atoms with van der Waals surface area (Å²) >= 11 is 0. The molecule has 0 amide bonds. The van der Waals surface area contributed by atoms with Crippen LogP contribution in [0.15, 0.2) is 42.5 Å². The first-order chi connectivity index (χ1) is 15.2. The Morgan fingerprint density at radius 3 is 2.56 bits per heavy atom. The van der Waals surface area contributed by atoms with Gasteiger partial charge in [0.25, 0.3) is 0 Å². The van der Waals surface area contributed by atoms with E-state index in [9.17, 15) is 9.18 Å². The predicted octanol–water partition coefficient (Wildman–Crippen LogP) is 5.29. The summed E-state index contributed by atoms with van der Waals surface area (Å²) in [5.41, 5.74) is 5.62. The lowest BCUT2D eigenvalue weighted by atomic mass is 9.95. The third-order valence-corrected chi connectivity index (χ3v) is 6.11. The fourth-order valence-corrected chi connectivity index (χ4v) is 4.74. The third kappa shape index (κ3) is 5.04. The number of aryl methyl sites for hydroxylation is 1. The van der Waals surface area contributed by atoms with Crippen LogP contribution >= 0.6 is 0 Å². The molecule has 0 aliphatic carbocycles. The van der Waals surface area contributed by atoms with Gasteiger partial charge in [0, 0.05) is 42.0 Å². The minimum absolute atomic E-state index is 0.109. The Bertz CT molecular complexity index is 1110. The largest absolute Gasteiger partial charge is 0.460 e. The van der Waals surface area contributed by atoms with Gasteiger partial charge in [0.1, 0.15) is 11.4 Å². The van der Waals surface area contributed by atoms with Crippen molar-refractivity contribution in [3.05, 3.63) is 70.7 Å². The number of aromatic nitrogens is 1. The summed E-state index contributed by atoms with van der Waals surface area (Å²) in [6.07, 6.45) is 2.20. The minimum atomic E-state index is -0.537. The zero-order valence-corrected chi connectivity index (χ0v) is 19.5. The van der Waals surface area contributed by atoms with Crippen LogP contribution in [0, 0.1) is 12.7 Å². The molecule has 2 heterocycles. The summed E-state index contributed by atoms with van der Waals surface area (Å²) in [4.78, 5) is 12.8. The van der Waals surface area contributed by atoms with Crippen molar-refractivity contribution in [2.45, 2.75) is 65.0 Å². The number of fused-ring (bicyclic) bond motifs is 3. The number of nitrogens with one attached hydrogen (secondary N) is 1. The van der Waals surface area contributed by atoms with Gasteiger partial charge in [0.2, 0.25) is 0 Å². The lowest BCUT2D eigenvalue weighted by Gasteiger charge is -2.24. The number of carbonyl (C=O) groups is 1. The third-order valence-electron chi connectivity index (χ3n) is 6.11. The number of benzene rings is 2. The fourth-order valence-electron chi connectivity index (χ4n) is 4.74. The fraction of sp³-hybridized carbons (Fsp3) is 0.444. The van der Waals surface area contributed by atoms with Crippen LogP contribution in [-0.4, -0.2) is 29.2 Å². The Balaban J connectivity index is 1.75. The summed E-state index contributed by atoms with van der Waals surface area (Å²) in [6, 6.07) is 13.1. The maximum absolute atomic E-state index is 13.6. The Kier molecular flexibility index (Phi) is 6.38. The zero-order chi connectivity index (χ0) is 22.9. The van der Waals surface area contributed by atoms with E-state index >= 15 is 0 Å². The molecular formula is C27H33FN2O2. The van der Waals surface area contributed by atoms with Crippen molar-refractivity contribution in [1.82, 2.24) is 9.88 Å². The quantitative estimate of drug-likeness (QED) is 0.553. The van der Waals surface area contributed by atoms with Gasteiger partial charge in [-0.3, -0.25) is 4.79 Å². The number of halogens is 1. The second-order valence-electron chi connectivity index (χ2n) is 9.85. The average molecular weight is 437 g/mol. The van der Waals surface area contributed by atoms with E-state index in [-0.39, 0.29) is 24.1 Å². The molecule has 1 aliphatic heterocycles. The molecule has 4 nitrogen and oxygen atoms in total. The number of nitrogens with zero attached hydrogens (tertiary/aromatic N) is 1. The first-order valence-electron chi connectivity index (χ1n) is 11.5. The smallest absolute Gasteiger partial charge is 0.306 e. The number of carbonyl (C=O) groups excluding carboxylic acids is 1. The first-order valence-corrected chi connectivity index (χ1v) is 11.5. The number of hydrogen-bond donors (Lipinski definition) is 1. The summed E-state index contributed by atoms with van der Waals surface area (Å²) in [7, 11) is 0.